The maximum atomic E-state index is 12.0. The molecule has 0 fully saturated rings. The number of thiophene rings is 1. The van der Waals surface area contributed by atoms with Crippen LogP contribution in [0, 0.1) is 6.92 Å². The van der Waals surface area contributed by atoms with Crippen molar-refractivity contribution in [2.24, 2.45) is 0 Å². The molecule has 0 spiro atoms. The zero-order valence-electron chi connectivity index (χ0n) is 10.2. The van der Waals surface area contributed by atoms with E-state index in [0.717, 1.165) is 16.2 Å². The van der Waals surface area contributed by atoms with Gasteiger partial charge in [-0.3, -0.25) is 4.79 Å². The highest BCUT2D eigenvalue weighted by Gasteiger charge is 2.21. The van der Waals surface area contributed by atoms with Crippen molar-refractivity contribution in [3.05, 3.63) is 50.8 Å². The normalized spacial score (nSPS) is 11.3. The third-order valence-corrected chi connectivity index (χ3v) is 5.75. The van der Waals surface area contributed by atoms with Crippen LogP contribution in [-0.4, -0.2) is 14.3 Å². The van der Waals surface area contributed by atoms with Crippen LogP contribution in [0.2, 0.25) is 10.0 Å². The van der Waals surface area contributed by atoms with Gasteiger partial charge in [0.05, 0.1) is 10.6 Å². The van der Waals surface area contributed by atoms with Crippen molar-refractivity contribution in [2.75, 3.05) is 0 Å². The van der Waals surface area contributed by atoms with Crippen LogP contribution in [0.4, 0.5) is 0 Å². The number of halogens is 2. The highest BCUT2D eigenvalue weighted by molar-refractivity contribution is 7.92. The average molecular weight is 350 g/mol. The largest absolute Gasteiger partial charge is 0.273 e. The number of nitrogens with one attached hydrogen (secondary N) is 1. The van der Waals surface area contributed by atoms with E-state index in [1.54, 1.807) is 13.0 Å². The van der Waals surface area contributed by atoms with Crippen molar-refractivity contribution in [1.29, 1.82) is 0 Å². The molecule has 2 rings (SSSR count). The fourth-order valence-corrected chi connectivity index (χ4v) is 4.20. The second-order valence-corrected chi connectivity index (χ2v) is 7.96. The van der Waals surface area contributed by atoms with E-state index in [1.807, 2.05) is 4.72 Å². The zero-order chi connectivity index (χ0) is 14.9. The first kappa shape index (κ1) is 15.3. The van der Waals surface area contributed by atoms with Crippen LogP contribution in [0.15, 0.2) is 34.5 Å². The molecule has 106 valence electrons. The Morgan fingerprint density at radius 1 is 1.20 bits per heavy atom. The molecule has 1 amide bonds. The van der Waals surface area contributed by atoms with Crippen LogP contribution in [-0.2, 0) is 10.0 Å². The molecular formula is C12H9Cl2NO3S2. The molecule has 1 heterocycles. The SMILES string of the molecule is Cc1ccc(S(=O)(=O)NC(=O)c2ccc(Cl)cc2Cl)s1. The molecule has 0 aliphatic rings. The van der Waals surface area contributed by atoms with E-state index in [1.165, 1.54) is 24.3 Å². The van der Waals surface area contributed by atoms with Crippen molar-refractivity contribution < 1.29 is 13.2 Å². The standard InChI is InChI=1S/C12H9Cl2NO3S2/c1-7-2-5-11(19-7)20(17,18)15-12(16)9-4-3-8(13)6-10(9)14/h2-6H,1H3,(H,15,16). The second-order valence-electron chi connectivity index (χ2n) is 3.92. The van der Waals surface area contributed by atoms with E-state index < -0.39 is 15.9 Å². The van der Waals surface area contributed by atoms with Gasteiger partial charge in [0.2, 0.25) is 0 Å². The average Bonchev–Trinajstić information content (AvgIpc) is 2.75. The molecule has 0 radical (unpaired) electrons. The first-order valence-electron chi connectivity index (χ1n) is 5.38. The lowest BCUT2D eigenvalue weighted by atomic mass is 10.2. The van der Waals surface area contributed by atoms with Crippen LogP contribution in [0.25, 0.3) is 0 Å². The Labute approximate surface area is 130 Å². The van der Waals surface area contributed by atoms with Gasteiger partial charge in [0, 0.05) is 9.90 Å². The minimum Gasteiger partial charge on any atom is -0.268 e. The molecule has 0 atom stereocenters. The summed E-state index contributed by atoms with van der Waals surface area (Å²) in [5, 5.41) is 0.454. The molecule has 1 N–H and O–H groups in total. The van der Waals surface area contributed by atoms with Crippen molar-refractivity contribution in [2.45, 2.75) is 11.1 Å². The van der Waals surface area contributed by atoms with E-state index in [0.29, 0.717) is 5.02 Å². The maximum Gasteiger partial charge on any atom is 0.273 e. The molecule has 2 aromatic rings. The van der Waals surface area contributed by atoms with Crippen molar-refractivity contribution >= 4 is 50.5 Å². The maximum absolute atomic E-state index is 12.0. The first-order valence-corrected chi connectivity index (χ1v) is 8.44. The molecule has 0 saturated heterocycles. The second kappa shape index (κ2) is 5.73. The predicted molar refractivity (Wildman–Crippen MR) is 80.2 cm³/mol. The Bertz CT molecular complexity index is 769. The molecule has 0 aliphatic heterocycles. The van der Waals surface area contributed by atoms with Gasteiger partial charge < -0.3 is 0 Å². The van der Waals surface area contributed by atoms with E-state index in [-0.39, 0.29) is 14.8 Å². The summed E-state index contributed by atoms with van der Waals surface area (Å²) in [6.45, 7) is 1.78. The Morgan fingerprint density at radius 2 is 1.90 bits per heavy atom. The monoisotopic (exact) mass is 349 g/mol. The Hall–Kier alpha value is -1.08. The molecule has 0 unspecified atom stereocenters. The third kappa shape index (κ3) is 3.32. The van der Waals surface area contributed by atoms with Gasteiger partial charge in [-0.25, -0.2) is 13.1 Å². The summed E-state index contributed by atoms with van der Waals surface area (Å²) in [5.41, 5.74) is 0.0490. The van der Waals surface area contributed by atoms with Crippen molar-refractivity contribution in [3.63, 3.8) is 0 Å². The molecule has 4 nitrogen and oxygen atoms in total. The number of amides is 1. The minimum atomic E-state index is -3.89. The number of hydrogen-bond donors (Lipinski definition) is 1. The molecule has 20 heavy (non-hydrogen) atoms. The topological polar surface area (TPSA) is 63.2 Å². The van der Waals surface area contributed by atoms with E-state index in [4.69, 9.17) is 23.2 Å². The van der Waals surface area contributed by atoms with E-state index in [2.05, 4.69) is 0 Å². The van der Waals surface area contributed by atoms with Gasteiger partial charge in [-0.05, 0) is 37.3 Å². The predicted octanol–water partition coefficient (Wildman–Crippen LogP) is 3.48. The van der Waals surface area contributed by atoms with Gasteiger partial charge in [0.15, 0.2) is 0 Å². The number of hydrogen-bond acceptors (Lipinski definition) is 4. The van der Waals surface area contributed by atoms with E-state index in [9.17, 15) is 13.2 Å². The number of carbonyl (C=O) groups excluding carboxylic acids is 1. The fraction of sp³-hybridized carbons (Fsp3) is 0.0833. The fourth-order valence-electron chi connectivity index (χ4n) is 1.46. The van der Waals surface area contributed by atoms with Crippen LogP contribution in [0.3, 0.4) is 0 Å². The Kier molecular flexibility index (Phi) is 4.39. The summed E-state index contributed by atoms with van der Waals surface area (Å²) < 4.78 is 26.1. The van der Waals surface area contributed by atoms with E-state index >= 15 is 0 Å². The zero-order valence-corrected chi connectivity index (χ0v) is 13.3. The number of sulfonamides is 1. The van der Waals surface area contributed by atoms with Gasteiger partial charge in [-0.2, -0.15) is 0 Å². The lowest BCUT2D eigenvalue weighted by Gasteiger charge is -2.06. The van der Waals surface area contributed by atoms with Gasteiger partial charge in [-0.1, -0.05) is 23.2 Å². The van der Waals surface area contributed by atoms with Crippen LogP contribution in [0.1, 0.15) is 15.2 Å². The molecular weight excluding hydrogens is 341 g/mol. The first-order chi connectivity index (χ1) is 9.29. The number of aryl methyl sites for hydroxylation is 1. The quantitative estimate of drug-likeness (QED) is 0.922. The Morgan fingerprint density at radius 3 is 2.45 bits per heavy atom. The molecule has 1 aromatic heterocycles. The summed E-state index contributed by atoms with van der Waals surface area (Å²) in [5.74, 6) is -0.794. The lowest BCUT2D eigenvalue weighted by molar-refractivity contribution is 0.0981. The van der Waals surface area contributed by atoms with Crippen LogP contribution in [0.5, 0.6) is 0 Å². The van der Waals surface area contributed by atoms with Crippen molar-refractivity contribution in [3.8, 4) is 0 Å². The highest BCUT2D eigenvalue weighted by atomic mass is 35.5. The molecule has 8 heteroatoms. The molecule has 0 aliphatic carbocycles. The van der Waals surface area contributed by atoms with Gasteiger partial charge in [0.1, 0.15) is 4.21 Å². The summed E-state index contributed by atoms with van der Waals surface area (Å²) in [4.78, 5) is 12.8. The lowest BCUT2D eigenvalue weighted by Crippen LogP contribution is -2.30. The summed E-state index contributed by atoms with van der Waals surface area (Å²) in [6, 6.07) is 7.32. The molecule has 0 bridgehead atoms. The number of benzene rings is 1. The Balaban J connectivity index is 2.27. The summed E-state index contributed by atoms with van der Waals surface area (Å²) >= 11 is 12.7. The van der Waals surface area contributed by atoms with Crippen LogP contribution >= 0.6 is 34.5 Å². The molecule has 1 aromatic carbocycles. The van der Waals surface area contributed by atoms with Crippen LogP contribution < -0.4 is 4.72 Å². The summed E-state index contributed by atoms with van der Waals surface area (Å²) in [7, 11) is -3.89. The number of carbonyl (C=O) groups is 1. The third-order valence-electron chi connectivity index (χ3n) is 2.38. The smallest absolute Gasteiger partial charge is 0.268 e. The highest BCUT2D eigenvalue weighted by Crippen LogP contribution is 2.23. The van der Waals surface area contributed by atoms with Crippen molar-refractivity contribution in [1.82, 2.24) is 4.72 Å². The number of rotatable bonds is 3. The summed E-state index contributed by atoms with van der Waals surface area (Å²) in [6.07, 6.45) is 0. The minimum absolute atomic E-state index is 0.0490. The van der Waals surface area contributed by atoms with Gasteiger partial charge in [0.25, 0.3) is 15.9 Å². The van der Waals surface area contributed by atoms with Gasteiger partial charge >= 0.3 is 0 Å². The molecule has 0 saturated carbocycles. The van der Waals surface area contributed by atoms with Gasteiger partial charge in [-0.15, -0.1) is 11.3 Å².